The maximum atomic E-state index is 12.2. The van der Waals surface area contributed by atoms with Crippen molar-refractivity contribution in [2.24, 2.45) is 0 Å². The highest BCUT2D eigenvalue weighted by Gasteiger charge is 2.09. The topological polar surface area (TPSA) is 99.3 Å². The normalized spacial score (nSPS) is 11.3. The summed E-state index contributed by atoms with van der Waals surface area (Å²) in [5.41, 5.74) is 2.56. The highest BCUT2D eigenvalue weighted by atomic mass is 16.2. The maximum absolute atomic E-state index is 12.2. The zero-order valence-electron chi connectivity index (χ0n) is 17.0. The Balaban J connectivity index is 1.86. The molecule has 3 amide bonds. The first-order chi connectivity index (χ1) is 13.9. The van der Waals surface area contributed by atoms with Crippen LogP contribution in [0.2, 0.25) is 0 Å². The third-order valence-corrected chi connectivity index (χ3v) is 4.34. The molecule has 7 nitrogen and oxygen atoms in total. The number of hydrogen-bond donors (Lipinski definition) is 4. The molecule has 0 bridgehead atoms. The van der Waals surface area contributed by atoms with Crippen molar-refractivity contribution in [3.63, 3.8) is 0 Å². The number of carbonyl (C=O) groups excluding carboxylic acids is 3. The minimum absolute atomic E-state index is 0.0684. The van der Waals surface area contributed by atoms with E-state index in [0.29, 0.717) is 23.4 Å². The molecule has 0 heterocycles. The molecule has 2 aromatic carbocycles. The number of carbonyl (C=O) groups is 3. The van der Waals surface area contributed by atoms with Crippen molar-refractivity contribution in [1.29, 1.82) is 0 Å². The van der Waals surface area contributed by atoms with E-state index in [9.17, 15) is 14.4 Å². The molecule has 0 aliphatic heterocycles. The second-order valence-electron chi connectivity index (χ2n) is 6.74. The van der Waals surface area contributed by atoms with E-state index in [1.807, 2.05) is 19.9 Å². The van der Waals surface area contributed by atoms with Crippen LogP contribution >= 0.6 is 0 Å². The Morgan fingerprint density at radius 2 is 1.52 bits per heavy atom. The zero-order chi connectivity index (χ0) is 21.2. The molecule has 29 heavy (non-hydrogen) atoms. The molecule has 4 N–H and O–H groups in total. The summed E-state index contributed by atoms with van der Waals surface area (Å²) in [5, 5.41) is 11.5. The van der Waals surface area contributed by atoms with E-state index >= 15 is 0 Å². The zero-order valence-corrected chi connectivity index (χ0v) is 17.0. The first-order valence-corrected chi connectivity index (χ1v) is 9.75. The minimum Gasteiger partial charge on any atom is -0.376 e. The number of amides is 3. The lowest BCUT2D eigenvalue weighted by molar-refractivity contribution is -0.116. The molecule has 0 spiro atoms. The van der Waals surface area contributed by atoms with Gasteiger partial charge in [0.25, 0.3) is 5.91 Å². The molecule has 1 atom stereocenters. The van der Waals surface area contributed by atoms with Gasteiger partial charge in [0.05, 0.1) is 6.54 Å². The van der Waals surface area contributed by atoms with Gasteiger partial charge >= 0.3 is 0 Å². The van der Waals surface area contributed by atoms with Crippen molar-refractivity contribution in [2.45, 2.75) is 39.7 Å². The Hall–Kier alpha value is -3.35. The summed E-state index contributed by atoms with van der Waals surface area (Å²) < 4.78 is 0. The summed E-state index contributed by atoms with van der Waals surface area (Å²) >= 11 is 0. The van der Waals surface area contributed by atoms with Gasteiger partial charge in [-0.25, -0.2) is 0 Å². The first kappa shape index (κ1) is 21.9. The fourth-order valence-corrected chi connectivity index (χ4v) is 2.46. The quantitative estimate of drug-likeness (QED) is 0.520. The maximum Gasteiger partial charge on any atom is 0.251 e. The highest BCUT2D eigenvalue weighted by molar-refractivity contribution is 5.97. The molecule has 0 aliphatic carbocycles. The predicted octanol–water partition coefficient (Wildman–Crippen LogP) is 3.61. The monoisotopic (exact) mass is 396 g/mol. The van der Waals surface area contributed by atoms with Crippen LogP contribution in [0.3, 0.4) is 0 Å². The summed E-state index contributed by atoms with van der Waals surface area (Å²) in [7, 11) is 0. The second-order valence-corrected chi connectivity index (χ2v) is 6.74. The molecule has 2 aromatic rings. The van der Waals surface area contributed by atoms with Crippen LogP contribution in [0.15, 0.2) is 48.5 Å². The fraction of sp³-hybridized carbons (Fsp3) is 0.318. The lowest BCUT2D eigenvalue weighted by Crippen LogP contribution is -2.31. The third-order valence-electron chi connectivity index (χ3n) is 4.34. The van der Waals surface area contributed by atoms with E-state index in [1.165, 1.54) is 0 Å². The summed E-state index contributed by atoms with van der Waals surface area (Å²) in [5.74, 6) is -0.417. The van der Waals surface area contributed by atoms with Crippen molar-refractivity contribution in [3.8, 4) is 0 Å². The van der Waals surface area contributed by atoms with Gasteiger partial charge in [0.15, 0.2) is 0 Å². The van der Waals surface area contributed by atoms with E-state index in [-0.39, 0.29) is 30.3 Å². The van der Waals surface area contributed by atoms with Gasteiger partial charge in [0, 0.05) is 35.1 Å². The van der Waals surface area contributed by atoms with Gasteiger partial charge in [-0.3, -0.25) is 14.4 Å². The van der Waals surface area contributed by atoms with Gasteiger partial charge in [-0.1, -0.05) is 19.9 Å². The van der Waals surface area contributed by atoms with E-state index in [1.54, 1.807) is 49.4 Å². The lowest BCUT2D eigenvalue weighted by Gasteiger charge is -2.12. The SMILES string of the molecule is CCC(=O)Nc1cccc(NCC(=O)Nc2ccc(C(=O)NC(C)CC)cc2)c1. The predicted molar refractivity (Wildman–Crippen MR) is 116 cm³/mol. The van der Waals surface area contributed by atoms with Crippen LogP contribution in [0.1, 0.15) is 44.0 Å². The molecule has 2 rings (SSSR count). The van der Waals surface area contributed by atoms with Gasteiger partial charge in [0.1, 0.15) is 0 Å². The average Bonchev–Trinajstić information content (AvgIpc) is 2.72. The smallest absolute Gasteiger partial charge is 0.251 e. The average molecular weight is 396 g/mol. The minimum atomic E-state index is -0.218. The van der Waals surface area contributed by atoms with E-state index in [0.717, 1.165) is 12.1 Å². The van der Waals surface area contributed by atoms with Crippen LogP contribution in [0.25, 0.3) is 0 Å². The summed E-state index contributed by atoms with van der Waals surface area (Å²) in [4.78, 5) is 35.7. The Morgan fingerprint density at radius 1 is 0.862 bits per heavy atom. The molecule has 1 unspecified atom stereocenters. The number of nitrogens with one attached hydrogen (secondary N) is 4. The summed E-state index contributed by atoms with van der Waals surface area (Å²) in [6.45, 7) is 5.82. The number of rotatable bonds is 9. The van der Waals surface area contributed by atoms with Crippen LogP contribution in [-0.4, -0.2) is 30.3 Å². The molecule has 0 radical (unpaired) electrons. The van der Waals surface area contributed by atoms with Gasteiger partial charge in [-0.15, -0.1) is 0 Å². The van der Waals surface area contributed by atoms with Crippen molar-refractivity contribution in [3.05, 3.63) is 54.1 Å². The van der Waals surface area contributed by atoms with Crippen molar-refractivity contribution >= 4 is 34.8 Å². The van der Waals surface area contributed by atoms with Crippen LogP contribution < -0.4 is 21.3 Å². The number of anilines is 3. The Kier molecular flexibility index (Phi) is 8.21. The second kappa shape index (κ2) is 10.8. The molecule has 0 saturated carbocycles. The molecule has 0 aromatic heterocycles. The highest BCUT2D eigenvalue weighted by Crippen LogP contribution is 2.15. The molecule has 0 fully saturated rings. The first-order valence-electron chi connectivity index (χ1n) is 9.75. The Bertz CT molecular complexity index is 849. The van der Waals surface area contributed by atoms with Gasteiger partial charge in [-0.05, 0) is 55.8 Å². The summed E-state index contributed by atoms with van der Waals surface area (Å²) in [6, 6.07) is 14.1. The summed E-state index contributed by atoms with van der Waals surface area (Å²) in [6.07, 6.45) is 1.26. The van der Waals surface area contributed by atoms with E-state index < -0.39 is 0 Å². The molecule has 0 saturated heterocycles. The largest absolute Gasteiger partial charge is 0.376 e. The van der Waals surface area contributed by atoms with Gasteiger partial charge in [-0.2, -0.15) is 0 Å². The van der Waals surface area contributed by atoms with Gasteiger partial charge in [0.2, 0.25) is 11.8 Å². The van der Waals surface area contributed by atoms with Crippen LogP contribution in [0, 0.1) is 0 Å². The molecule has 7 heteroatoms. The lowest BCUT2D eigenvalue weighted by atomic mass is 10.1. The Morgan fingerprint density at radius 3 is 2.17 bits per heavy atom. The Labute approximate surface area is 171 Å². The molecule has 154 valence electrons. The van der Waals surface area contributed by atoms with E-state index in [2.05, 4.69) is 21.3 Å². The van der Waals surface area contributed by atoms with Crippen LogP contribution in [-0.2, 0) is 9.59 Å². The standard InChI is InChI=1S/C22H28N4O3/c1-4-15(3)24-22(29)16-9-11-17(12-10-16)25-21(28)14-23-18-7-6-8-19(13-18)26-20(27)5-2/h6-13,15,23H,4-5,14H2,1-3H3,(H,24,29)(H,25,28)(H,26,27). The fourth-order valence-electron chi connectivity index (χ4n) is 2.46. The van der Waals surface area contributed by atoms with E-state index in [4.69, 9.17) is 0 Å². The van der Waals surface area contributed by atoms with Crippen LogP contribution in [0.5, 0.6) is 0 Å². The number of hydrogen-bond acceptors (Lipinski definition) is 4. The molecular formula is C22H28N4O3. The van der Waals surface area contributed by atoms with Crippen molar-refractivity contribution in [2.75, 3.05) is 22.5 Å². The third kappa shape index (κ3) is 7.29. The molecule has 0 aliphatic rings. The molecular weight excluding hydrogens is 368 g/mol. The van der Waals surface area contributed by atoms with Crippen molar-refractivity contribution < 1.29 is 14.4 Å². The van der Waals surface area contributed by atoms with Crippen LogP contribution in [0.4, 0.5) is 17.1 Å². The number of benzene rings is 2. The van der Waals surface area contributed by atoms with Gasteiger partial charge < -0.3 is 21.3 Å². The van der Waals surface area contributed by atoms with Crippen molar-refractivity contribution in [1.82, 2.24) is 5.32 Å².